The van der Waals surface area contributed by atoms with Gasteiger partial charge in [-0.1, -0.05) is 6.92 Å². The average molecular weight is 376 g/mol. The van der Waals surface area contributed by atoms with E-state index in [1.54, 1.807) is 13.1 Å². The van der Waals surface area contributed by atoms with Crippen molar-refractivity contribution in [2.45, 2.75) is 24.7 Å². The zero-order valence-electron chi connectivity index (χ0n) is 13.7. The van der Waals surface area contributed by atoms with Gasteiger partial charge in [0.15, 0.2) is 5.58 Å². The molecule has 0 aliphatic carbocycles. The van der Waals surface area contributed by atoms with Crippen molar-refractivity contribution >= 4 is 33.5 Å². The Bertz CT molecular complexity index is 882. The molecule has 1 aliphatic heterocycles. The number of rotatable bonds is 4. The van der Waals surface area contributed by atoms with Gasteiger partial charge in [0.25, 0.3) is 0 Å². The monoisotopic (exact) mass is 375 g/mol. The van der Waals surface area contributed by atoms with Gasteiger partial charge in [0.1, 0.15) is 0 Å². The van der Waals surface area contributed by atoms with Crippen LogP contribution in [0.2, 0.25) is 0 Å². The Kier molecular flexibility index (Phi) is 5.44. The molecule has 1 aromatic heterocycles. The Balaban J connectivity index is 0.00000208. The van der Waals surface area contributed by atoms with E-state index in [1.807, 2.05) is 0 Å². The van der Waals surface area contributed by atoms with Crippen molar-refractivity contribution in [1.82, 2.24) is 14.6 Å². The molecule has 2 aromatic rings. The fourth-order valence-corrected chi connectivity index (χ4v) is 4.06. The summed E-state index contributed by atoms with van der Waals surface area (Å²) < 4.78 is 34.1. The van der Waals surface area contributed by atoms with Gasteiger partial charge in [0.2, 0.25) is 10.0 Å². The van der Waals surface area contributed by atoms with Crippen LogP contribution in [0.5, 0.6) is 0 Å². The minimum Gasteiger partial charge on any atom is -0.408 e. The first-order chi connectivity index (χ1) is 10.8. The molecule has 134 valence electrons. The summed E-state index contributed by atoms with van der Waals surface area (Å²) >= 11 is 0. The van der Waals surface area contributed by atoms with E-state index in [0.29, 0.717) is 12.1 Å². The largest absolute Gasteiger partial charge is 0.419 e. The third kappa shape index (κ3) is 3.66. The van der Waals surface area contributed by atoms with Gasteiger partial charge in [-0.2, -0.15) is 0 Å². The van der Waals surface area contributed by atoms with Crippen LogP contribution in [0.15, 0.2) is 32.3 Å². The molecule has 0 radical (unpaired) electrons. The Hall–Kier alpha value is -1.35. The number of hydrogen-bond acceptors (Lipinski definition) is 5. The summed E-state index contributed by atoms with van der Waals surface area (Å²) in [6, 6.07) is 4.47. The summed E-state index contributed by atoms with van der Waals surface area (Å²) in [5, 5.41) is 3.27. The van der Waals surface area contributed by atoms with Crippen LogP contribution in [0, 0.1) is 5.41 Å². The second kappa shape index (κ2) is 6.87. The lowest BCUT2D eigenvalue weighted by Gasteiger charge is -2.34. The first-order valence-corrected chi connectivity index (χ1v) is 9.09. The summed E-state index contributed by atoms with van der Waals surface area (Å²) in [4.78, 5) is 11.6. The zero-order chi connectivity index (χ0) is 16.7. The van der Waals surface area contributed by atoms with Crippen molar-refractivity contribution in [3.8, 4) is 0 Å². The molecule has 1 aliphatic rings. The normalized spacial score (nSPS) is 17.6. The minimum absolute atomic E-state index is 0. The van der Waals surface area contributed by atoms with E-state index < -0.39 is 15.8 Å². The molecule has 9 heteroatoms. The molecular weight excluding hydrogens is 354 g/mol. The topological polar surface area (TPSA) is 93.3 Å². The zero-order valence-corrected chi connectivity index (χ0v) is 15.3. The molecule has 2 heterocycles. The van der Waals surface area contributed by atoms with E-state index >= 15 is 0 Å². The molecule has 0 unspecified atom stereocenters. The predicted molar refractivity (Wildman–Crippen MR) is 94.1 cm³/mol. The van der Waals surface area contributed by atoms with Crippen molar-refractivity contribution in [2.75, 3.05) is 19.6 Å². The van der Waals surface area contributed by atoms with Gasteiger partial charge in [-0.05, 0) is 43.5 Å². The van der Waals surface area contributed by atoms with E-state index in [0.717, 1.165) is 25.9 Å². The average Bonchev–Trinajstić information content (AvgIpc) is 2.81. The van der Waals surface area contributed by atoms with Gasteiger partial charge >= 0.3 is 5.76 Å². The van der Waals surface area contributed by atoms with Crippen LogP contribution >= 0.6 is 12.4 Å². The maximum Gasteiger partial charge on any atom is 0.419 e. The minimum atomic E-state index is -3.63. The van der Waals surface area contributed by atoms with Crippen molar-refractivity contribution in [2.24, 2.45) is 12.5 Å². The SMILES string of the molecule is Cl.Cn1c(=O)oc2cc(S(=O)(=O)NCC3(C)CCNCC3)ccc21. The predicted octanol–water partition coefficient (Wildman–Crippen LogP) is 1.22. The van der Waals surface area contributed by atoms with Crippen LogP contribution in [0.25, 0.3) is 11.1 Å². The molecule has 0 saturated carbocycles. The lowest BCUT2D eigenvalue weighted by atomic mass is 9.81. The number of nitrogens with zero attached hydrogens (tertiary/aromatic N) is 1. The second-order valence-corrected chi connectivity index (χ2v) is 8.21. The van der Waals surface area contributed by atoms with Gasteiger partial charge in [0, 0.05) is 19.7 Å². The molecule has 0 spiro atoms. The maximum atomic E-state index is 12.5. The fourth-order valence-electron chi connectivity index (χ4n) is 2.84. The number of benzene rings is 1. The highest BCUT2D eigenvalue weighted by molar-refractivity contribution is 7.89. The number of hydrogen-bond donors (Lipinski definition) is 2. The van der Waals surface area contributed by atoms with Gasteiger partial charge in [0.05, 0.1) is 10.4 Å². The summed E-state index contributed by atoms with van der Waals surface area (Å²) in [5.74, 6) is -0.510. The van der Waals surface area contributed by atoms with Crippen molar-refractivity contribution < 1.29 is 12.8 Å². The first kappa shape index (κ1) is 19.0. The Morgan fingerprint density at radius 3 is 2.67 bits per heavy atom. The van der Waals surface area contributed by atoms with Crippen molar-refractivity contribution in [3.05, 3.63) is 28.7 Å². The lowest BCUT2D eigenvalue weighted by Crippen LogP contribution is -2.42. The number of halogens is 1. The summed E-state index contributed by atoms with van der Waals surface area (Å²) in [6.45, 7) is 4.29. The summed E-state index contributed by atoms with van der Waals surface area (Å²) in [6.07, 6.45) is 1.87. The van der Waals surface area contributed by atoms with Crippen LogP contribution < -0.4 is 15.8 Å². The summed E-state index contributed by atoms with van der Waals surface area (Å²) in [5.41, 5.74) is 0.801. The highest BCUT2D eigenvalue weighted by Gasteiger charge is 2.29. The quantitative estimate of drug-likeness (QED) is 0.838. The van der Waals surface area contributed by atoms with Gasteiger partial charge in [-0.25, -0.2) is 17.9 Å². The van der Waals surface area contributed by atoms with Crippen LogP contribution in [0.1, 0.15) is 19.8 Å². The fraction of sp³-hybridized carbons (Fsp3) is 0.533. The molecule has 1 saturated heterocycles. The highest BCUT2D eigenvalue weighted by atomic mass is 35.5. The van der Waals surface area contributed by atoms with E-state index in [-0.39, 0.29) is 28.3 Å². The van der Waals surface area contributed by atoms with Gasteiger partial charge in [-0.15, -0.1) is 12.4 Å². The molecule has 2 N–H and O–H groups in total. The van der Waals surface area contributed by atoms with E-state index in [2.05, 4.69) is 17.0 Å². The van der Waals surface area contributed by atoms with Crippen LogP contribution in [-0.2, 0) is 17.1 Å². The van der Waals surface area contributed by atoms with Gasteiger partial charge < -0.3 is 9.73 Å². The Morgan fingerprint density at radius 1 is 1.33 bits per heavy atom. The Morgan fingerprint density at radius 2 is 2.00 bits per heavy atom. The number of sulfonamides is 1. The van der Waals surface area contributed by atoms with Crippen LogP contribution in [0.4, 0.5) is 0 Å². The molecule has 24 heavy (non-hydrogen) atoms. The molecular formula is C15H22ClN3O4S. The standard InChI is InChI=1S/C15H21N3O4S.ClH/c1-15(5-7-16-8-6-15)10-17-23(20,21)11-3-4-12-13(9-11)22-14(19)18(12)2;/h3-4,9,16-17H,5-8,10H2,1-2H3;1H. The van der Waals surface area contributed by atoms with Crippen LogP contribution in [0.3, 0.4) is 0 Å². The smallest absolute Gasteiger partial charge is 0.408 e. The number of oxazole rings is 1. The maximum absolute atomic E-state index is 12.5. The van der Waals surface area contributed by atoms with Crippen molar-refractivity contribution in [3.63, 3.8) is 0 Å². The van der Waals surface area contributed by atoms with E-state index in [1.165, 1.54) is 16.7 Å². The van der Waals surface area contributed by atoms with Gasteiger partial charge in [-0.3, -0.25) is 4.57 Å². The number of piperidine rings is 1. The number of nitrogens with one attached hydrogen (secondary N) is 2. The van der Waals surface area contributed by atoms with Crippen molar-refractivity contribution in [1.29, 1.82) is 0 Å². The van der Waals surface area contributed by atoms with E-state index in [9.17, 15) is 13.2 Å². The lowest BCUT2D eigenvalue weighted by molar-refractivity contribution is 0.232. The molecule has 0 atom stereocenters. The van der Waals surface area contributed by atoms with E-state index in [4.69, 9.17) is 4.42 Å². The number of aromatic nitrogens is 1. The Labute approximate surface area is 146 Å². The molecule has 0 bridgehead atoms. The third-order valence-corrected chi connectivity index (χ3v) is 5.97. The number of aryl methyl sites for hydroxylation is 1. The molecule has 0 amide bonds. The van der Waals surface area contributed by atoms with Crippen LogP contribution in [-0.4, -0.2) is 32.6 Å². The first-order valence-electron chi connectivity index (χ1n) is 7.61. The second-order valence-electron chi connectivity index (χ2n) is 6.44. The molecule has 1 aromatic carbocycles. The molecule has 7 nitrogen and oxygen atoms in total. The molecule has 1 fully saturated rings. The summed E-state index contributed by atoms with van der Waals surface area (Å²) in [7, 11) is -2.05. The molecule has 3 rings (SSSR count). The number of fused-ring (bicyclic) bond motifs is 1. The highest BCUT2D eigenvalue weighted by Crippen LogP contribution is 2.27. The third-order valence-electron chi connectivity index (χ3n) is 4.57.